The molecule has 276 valence electrons. The SMILES string of the molecule is Cc1nc2c(F)c(-c3cccc(Cl)c3Cl)c(CCC#N)cc2c2c1cc(C1CC(Oc3ccnc(C4CCC4)c3)CN1C(=O)C1CC1)n2C1C2CNC1C2. The number of halogens is 3. The first-order chi connectivity index (χ1) is 26.3. The van der Waals surface area contributed by atoms with Gasteiger partial charge in [0.2, 0.25) is 5.91 Å². The highest BCUT2D eigenvalue weighted by molar-refractivity contribution is 6.43. The van der Waals surface area contributed by atoms with Gasteiger partial charge in [0.15, 0.2) is 5.82 Å². The summed E-state index contributed by atoms with van der Waals surface area (Å²) in [5.74, 6) is 1.49. The maximum atomic E-state index is 17.2. The molecule has 3 saturated carbocycles. The molecule has 3 saturated heterocycles. The molecule has 6 fully saturated rings. The molecule has 3 aromatic heterocycles. The van der Waals surface area contributed by atoms with E-state index in [9.17, 15) is 10.1 Å². The molecule has 3 aliphatic heterocycles. The number of nitrogens with zero attached hydrogens (tertiary/aromatic N) is 5. The lowest BCUT2D eigenvalue weighted by molar-refractivity contribution is -0.133. The number of likely N-dealkylation sites (tertiary alicyclic amines) is 1. The predicted molar refractivity (Wildman–Crippen MR) is 207 cm³/mol. The molecule has 6 heterocycles. The van der Waals surface area contributed by atoms with Crippen LogP contribution < -0.4 is 10.1 Å². The van der Waals surface area contributed by atoms with E-state index in [1.54, 1.807) is 18.2 Å². The molecule has 3 aliphatic carbocycles. The van der Waals surface area contributed by atoms with E-state index in [4.69, 9.17) is 32.9 Å². The summed E-state index contributed by atoms with van der Waals surface area (Å²) in [5.41, 5.74) is 5.54. The largest absolute Gasteiger partial charge is 0.488 e. The van der Waals surface area contributed by atoms with E-state index >= 15 is 4.39 Å². The Hall–Kier alpha value is -4.23. The summed E-state index contributed by atoms with van der Waals surface area (Å²) in [6.07, 6.45) is 9.33. The highest BCUT2D eigenvalue weighted by Crippen LogP contribution is 2.51. The van der Waals surface area contributed by atoms with Crippen molar-refractivity contribution in [1.29, 1.82) is 5.26 Å². The number of aromatic nitrogens is 3. The number of ether oxygens (including phenoxy) is 1. The Morgan fingerprint density at radius 3 is 2.69 bits per heavy atom. The predicted octanol–water partition coefficient (Wildman–Crippen LogP) is 9.39. The zero-order chi connectivity index (χ0) is 36.8. The maximum absolute atomic E-state index is 17.2. The third-order valence-electron chi connectivity index (χ3n) is 12.8. The van der Waals surface area contributed by atoms with Crippen molar-refractivity contribution in [2.24, 2.45) is 11.8 Å². The third-order valence-corrected chi connectivity index (χ3v) is 13.6. The minimum Gasteiger partial charge on any atom is -0.488 e. The Balaban J connectivity index is 1.14. The molecular formula is C43H41Cl2FN6O2. The van der Waals surface area contributed by atoms with Crippen LogP contribution in [0.4, 0.5) is 4.39 Å². The fraction of sp³-hybridized carbons (Fsp3) is 0.442. The lowest BCUT2D eigenvalue weighted by Gasteiger charge is -2.39. The van der Waals surface area contributed by atoms with Crippen molar-refractivity contribution < 1.29 is 13.9 Å². The van der Waals surface area contributed by atoms with Gasteiger partial charge in [0.25, 0.3) is 0 Å². The topological polar surface area (TPSA) is 96.1 Å². The van der Waals surface area contributed by atoms with Crippen LogP contribution >= 0.6 is 23.2 Å². The van der Waals surface area contributed by atoms with Crippen LogP contribution in [0.2, 0.25) is 10.0 Å². The van der Waals surface area contributed by atoms with Gasteiger partial charge in [-0.25, -0.2) is 9.37 Å². The highest BCUT2D eigenvalue weighted by atomic mass is 35.5. The number of nitriles is 1. The summed E-state index contributed by atoms with van der Waals surface area (Å²) in [4.78, 5) is 25.8. The molecular weight excluding hydrogens is 722 g/mol. The quantitative estimate of drug-likeness (QED) is 0.161. The van der Waals surface area contributed by atoms with Crippen LogP contribution in [0.25, 0.3) is 32.9 Å². The number of carbonyl (C=O) groups excluding carboxylic acids is 1. The van der Waals surface area contributed by atoms with Gasteiger partial charge >= 0.3 is 0 Å². The van der Waals surface area contributed by atoms with Gasteiger partial charge in [-0.15, -0.1) is 0 Å². The number of amides is 1. The van der Waals surface area contributed by atoms with Gasteiger partial charge in [0.1, 0.15) is 17.4 Å². The normalized spacial score (nSPS) is 24.9. The zero-order valence-corrected chi connectivity index (χ0v) is 31.6. The highest BCUT2D eigenvalue weighted by Gasteiger charge is 2.51. The second kappa shape index (κ2) is 13.2. The molecule has 2 bridgehead atoms. The Kier molecular flexibility index (Phi) is 8.39. The number of fused-ring (bicyclic) bond motifs is 4. The standard InChI is InChI=1S/C43H41Cl2FN6O2/c1-22-30-19-36(35-18-28(21-51(35)43(53)24-10-11-24)54-27-12-14-48-33(17-27)23-5-2-6-23)52(41-26-16-34(41)49-20-26)42(30)31-15-25(7-4-13-47)37(39(46)40(31)50-22)29-8-3-9-32(44)38(29)45/h3,8-9,12,14-15,17,19,23-24,26,28,34-35,41,49H,2,4-7,10-11,16,18,20-21H2,1H3. The summed E-state index contributed by atoms with van der Waals surface area (Å²) < 4.78 is 26.4. The molecule has 8 nitrogen and oxygen atoms in total. The lowest BCUT2D eigenvalue weighted by atomic mass is 9.79. The number of pyridine rings is 2. The molecule has 5 atom stereocenters. The smallest absolute Gasteiger partial charge is 0.226 e. The Labute approximate surface area is 323 Å². The first-order valence-corrected chi connectivity index (χ1v) is 20.2. The van der Waals surface area contributed by atoms with Crippen molar-refractivity contribution in [3.05, 3.63) is 87.2 Å². The van der Waals surface area contributed by atoms with E-state index in [2.05, 4.69) is 38.0 Å². The van der Waals surface area contributed by atoms with Crippen molar-refractivity contribution in [1.82, 2.24) is 24.8 Å². The minimum absolute atomic E-state index is 0.0505. The molecule has 0 spiro atoms. The van der Waals surface area contributed by atoms with Gasteiger partial charge in [-0.2, -0.15) is 5.26 Å². The molecule has 11 rings (SSSR count). The third kappa shape index (κ3) is 5.51. The summed E-state index contributed by atoms with van der Waals surface area (Å²) in [6.45, 7) is 3.37. The monoisotopic (exact) mass is 762 g/mol. The Morgan fingerprint density at radius 2 is 1.96 bits per heavy atom. The van der Waals surface area contributed by atoms with Gasteiger partial charge in [0, 0.05) is 88.5 Å². The van der Waals surface area contributed by atoms with E-state index in [-0.39, 0.29) is 53.0 Å². The number of nitrogens with one attached hydrogen (secondary N) is 1. The van der Waals surface area contributed by atoms with Crippen LogP contribution in [-0.4, -0.2) is 50.6 Å². The van der Waals surface area contributed by atoms with Gasteiger partial charge in [0.05, 0.1) is 40.3 Å². The average Bonchev–Trinajstić information content (AvgIpc) is 3.42. The molecule has 6 aliphatic rings. The molecule has 54 heavy (non-hydrogen) atoms. The van der Waals surface area contributed by atoms with Gasteiger partial charge in [-0.3, -0.25) is 9.78 Å². The van der Waals surface area contributed by atoms with Crippen molar-refractivity contribution >= 4 is 50.9 Å². The van der Waals surface area contributed by atoms with Gasteiger partial charge in [-0.1, -0.05) is 41.8 Å². The summed E-state index contributed by atoms with van der Waals surface area (Å²) in [5, 5.41) is 15.6. The first-order valence-electron chi connectivity index (χ1n) is 19.4. The number of hydrogen-bond acceptors (Lipinski definition) is 6. The number of benzene rings is 2. The van der Waals surface area contributed by atoms with E-state index < -0.39 is 5.82 Å². The average molecular weight is 764 g/mol. The molecule has 0 radical (unpaired) electrons. The number of aryl methyl sites for hydroxylation is 2. The molecule has 5 unspecified atom stereocenters. The van der Waals surface area contributed by atoms with Crippen molar-refractivity contribution in [3.63, 3.8) is 0 Å². The summed E-state index contributed by atoms with van der Waals surface area (Å²) in [7, 11) is 0. The molecule has 1 amide bonds. The molecule has 5 aromatic rings. The van der Waals surface area contributed by atoms with Crippen LogP contribution in [0.3, 0.4) is 0 Å². The van der Waals surface area contributed by atoms with Crippen LogP contribution in [0.1, 0.15) is 92.0 Å². The minimum atomic E-state index is -0.475. The second-order valence-corrected chi connectivity index (χ2v) is 16.9. The zero-order valence-electron chi connectivity index (χ0n) is 30.1. The van der Waals surface area contributed by atoms with Gasteiger partial charge < -0.3 is 19.5 Å². The number of hydrogen-bond donors (Lipinski definition) is 1. The fourth-order valence-electron chi connectivity index (χ4n) is 9.69. The van der Waals surface area contributed by atoms with E-state index in [1.807, 2.05) is 25.3 Å². The van der Waals surface area contributed by atoms with Crippen molar-refractivity contribution in [3.8, 4) is 22.9 Å². The maximum Gasteiger partial charge on any atom is 0.226 e. The van der Waals surface area contributed by atoms with Crippen LogP contribution in [0.5, 0.6) is 5.75 Å². The van der Waals surface area contributed by atoms with Crippen molar-refractivity contribution in [2.75, 3.05) is 13.1 Å². The first kappa shape index (κ1) is 34.3. The molecule has 2 aromatic carbocycles. The van der Waals surface area contributed by atoms with Gasteiger partial charge in [-0.05, 0) is 81.2 Å². The number of rotatable bonds is 9. The van der Waals surface area contributed by atoms with Crippen molar-refractivity contribution in [2.45, 2.75) is 94.9 Å². The molecule has 11 heteroatoms. The summed E-state index contributed by atoms with van der Waals surface area (Å²) >= 11 is 13.2. The van der Waals surface area contributed by atoms with Crippen LogP contribution in [-0.2, 0) is 11.2 Å². The van der Waals surface area contributed by atoms with Crippen LogP contribution in [0, 0.1) is 35.9 Å². The fourth-order valence-corrected chi connectivity index (χ4v) is 10.1. The van der Waals surface area contributed by atoms with Crippen LogP contribution in [0.15, 0.2) is 48.7 Å². The second-order valence-electron chi connectivity index (χ2n) is 16.1. The van der Waals surface area contributed by atoms with E-state index in [0.29, 0.717) is 58.3 Å². The Morgan fingerprint density at radius 1 is 1.11 bits per heavy atom. The van der Waals surface area contributed by atoms with E-state index in [0.717, 1.165) is 72.4 Å². The molecule has 1 N–H and O–H groups in total. The summed E-state index contributed by atoms with van der Waals surface area (Å²) in [6, 6.07) is 15.9. The lowest BCUT2D eigenvalue weighted by Crippen LogP contribution is -2.41. The Bertz CT molecular complexity index is 2390. The number of carbonyl (C=O) groups is 1. The van der Waals surface area contributed by atoms with E-state index in [1.165, 1.54) is 6.42 Å².